The van der Waals surface area contributed by atoms with Crippen molar-refractivity contribution in [2.24, 2.45) is 0 Å². The Kier molecular flexibility index (Phi) is 4.76. The summed E-state index contributed by atoms with van der Waals surface area (Å²) in [6.07, 6.45) is 0. The number of rotatable bonds is 6. The standard InChI is InChI=1S/C17H13ClFNO5/c1-2-23-13-7-9(19)3-4-10(13)16-11-5-6-12(24-8-14(21)22)15(18)17(11)25-20-16/h3-7H,2,8H2,1H3,(H,21,22)/p-1. The van der Waals surface area contributed by atoms with Crippen molar-refractivity contribution in [3.63, 3.8) is 0 Å². The van der Waals surface area contributed by atoms with E-state index in [4.69, 9.17) is 25.6 Å². The number of carboxylic acids is 1. The predicted molar refractivity (Wildman–Crippen MR) is 86.1 cm³/mol. The van der Waals surface area contributed by atoms with Crippen LogP contribution in [-0.2, 0) is 4.79 Å². The van der Waals surface area contributed by atoms with Gasteiger partial charge in [0.1, 0.15) is 34.6 Å². The van der Waals surface area contributed by atoms with Gasteiger partial charge in [-0.25, -0.2) is 4.39 Å². The van der Waals surface area contributed by atoms with Gasteiger partial charge in [0.25, 0.3) is 0 Å². The Labute approximate surface area is 146 Å². The van der Waals surface area contributed by atoms with E-state index in [-0.39, 0.29) is 16.4 Å². The average molecular weight is 365 g/mol. The molecular formula is C17H12ClFNO5-. The molecule has 0 saturated heterocycles. The summed E-state index contributed by atoms with van der Waals surface area (Å²) in [4.78, 5) is 10.5. The van der Waals surface area contributed by atoms with Crippen LogP contribution in [0.3, 0.4) is 0 Å². The van der Waals surface area contributed by atoms with Crippen LogP contribution in [-0.4, -0.2) is 24.3 Å². The molecule has 0 aliphatic rings. The maximum atomic E-state index is 13.5. The van der Waals surface area contributed by atoms with E-state index < -0.39 is 18.4 Å². The molecule has 3 aromatic rings. The third-order valence-electron chi connectivity index (χ3n) is 3.39. The summed E-state index contributed by atoms with van der Waals surface area (Å²) in [6.45, 7) is 1.50. The minimum atomic E-state index is -1.37. The molecule has 1 heterocycles. The third-order valence-corrected chi connectivity index (χ3v) is 3.75. The van der Waals surface area contributed by atoms with Gasteiger partial charge < -0.3 is 23.9 Å². The van der Waals surface area contributed by atoms with Crippen LogP contribution in [0.2, 0.25) is 5.02 Å². The lowest BCUT2D eigenvalue weighted by atomic mass is 10.1. The molecule has 25 heavy (non-hydrogen) atoms. The van der Waals surface area contributed by atoms with Gasteiger partial charge >= 0.3 is 0 Å². The molecule has 1 aromatic heterocycles. The Morgan fingerprint density at radius 2 is 2.08 bits per heavy atom. The monoisotopic (exact) mass is 364 g/mol. The highest BCUT2D eigenvalue weighted by atomic mass is 35.5. The number of aromatic nitrogens is 1. The predicted octanol–water partition coefficient (Wildman–Crippen LogP) is 2.81. The quantitative estimate of drug-likeness (QED) is 0.668. The summed E-state index contributed by atoms with van der Waals surface area (Å²) in [7, 11) is 0. The largest absolute Gasteiger partial charge is 0.546 e. The molecule has 0 saturated carbocycles. The minimum Gasteiger partial charge on any atom is -0.546 e. The molecule has 0 aliphatic carbocycles. The van der Waals surface area contributed by atoms with Crippen molar-refractivity contribution in [1.29, 1.82) is 0 Å². The van der Waals surface area contributed by atoms with Crippen molar-refractivity contribution in [2.45, 2.75) is 6.92 Å². The Bertz CT molecular complexity index is 940. The van der Waals surface area contributed by atoms with Crippen LogP contribution in [0.25, 0.3) is 22.2 Å². The van der Waals surface area contributed by atoms with Crippen LogP contribution < -0.4 is 14.6 Å². The highest BCUT2D eigenvalue weighted by Crippen LogP contribution is 2.40. The van der Waals surface area contributed by atoms with Gasteiger partial charge in [-0.15, -0.1) is 0 Å². The maximum absolute atomic E-state index is 13.5. The van der Waals surface area contributed by atoms with Crippen molar-refractivity contribution >= 4 is 28.5 Å². The second-order valence-electron chi connectivity index (χ2n) is 5.02. The number of carboxylic acid groups (broad SMARTS) is 1. The summed E-state index contributed by atoms with van der Waals surface area (Å²) in [5.41, 5.74) is 1.19. The van der Waals surface area contributed by atoms with Crippen molar-refractivity contribution in [1.82, 2.24) is 5.16 Å². The zero-order valence-electron chi connectivity index (χ0n) is 13.0. The lowest BCUT2D eigenvalue weighted by Crippen LogP contribution is -2.28. The van der Waals surface area contributed by atoms with E-state index in [9.17, 15) is 14.3 Å². The SMILES string of the molecule is CCOc1cc(F)ccc1-c1noc2c(Cl)c(OCC(=O)[O-])ccc12. The van der Waals surface area contributed by atoms with E-state index in [1.165, 1.54) is 24.3 Å². The van der Waals surface area contributed by atoms with Crippen molar-refractivity contribution in [3.8, 4) is 22.8 Å². The second-order valence-corrected chi connectivity index (χ2v) is 5.40. The number of nitrogens with zero attached hydrogens (tertiary/aromatic N) is 1. The first kappa shape index (κ1) is 17.0. The van der Waals surface area contributed by atoms with Gasteiger partial charge in [0.05, 0.1) is 18.0 Å². The molecule has 0 spiro atoms. The zero-order chi connectivity index (χ0) is 18.0. The number of benzene rings is 2. The molecule has 6 nitrogen and oxygen atoms in total. The number of carbonyl (C=O) groups is 1. The van der Waals surface area contributed by atoms with E-state index in [1.807, 2.05) is 0 Å². The van der Waals surface area contributed by atoms with Gasteiger partial charge in [-0.3, -0.25) is 0 Å². The Balaban J connectivity index is 2.08. The fourth-order valence-electron chi connectivity index (χ4n) is 2.36. The number of fused-ring (bicyclic) bond motifs is 1. The Hall–Kier alpha value is -2.80. The van der Waals surface area contributed by atoms with Crippen molar-refractivity contribution in [2.75, 3.05) is 13.2 Å². The lowest BCUT2D eigenvalue weighted by Gasteiger charge is -2.09. The van der Waals surface area contributed by atoms with Crippen molar-refractivity contribution < 1.29 is 28.3 Å². The fraction of sp³-hybridized carbons (Fsp3) is 0.176. The number of aliphatic carboxylic acids is 1. The first-order valence-corrected chi connectivity index (χ1v) is 7.72. The normalized spacial score (nSPS) is 10.8. The fourth-order valence-corrected chi connectivity index (χ4v) is 2.62. The summed E-state index contributed by atoms with van der Waals surface area (Å²) >= 11 is 6.19. The molecule has 0 bridgehead atoms. The van der Waals surface area contributed by atoms with E-state index >= 15 is 0 Å². The minimum absolute atomic E-state index is 0.0811. The summed E-state index contributed by atoms with van der Waals surface area (Å²) in [5.74, 6) is -1.35. The molecule has 2 aromatic carbocycles. The van der Waals surface area contributed by atoms with Crippen LogP contribution >= 0.6 is 11.6 Å². The number of hydrogen-bond donors (Lipinski definition) is 0. The number of hydrogen-bond acceptors (Lipinski definition) is 6. The van der Waals surface area contributed by atoms with Crippen LogP contribution in [0.15, 0.2) is 34.9 Å². The topological polar surface area (TPSA) is 84.6 Å². The molecule has 0 N–H and O–H groups in total. The van der Waals surface area contributed by atoms with Crippen LogP contribution in [0.4, 0.5) is 4.39 Å². The zero-order valence-corrected chi connectivity index (χ0v) is 13.8. The summed E-state index contributed by atoms with van der Waals surface area (Å²) in [6, 6.07) is 7.20. The molecule has 0 atom stereocenters. The van der Waals surface area contributed by atoms with Crippen LogP contribution in [0.5, 0.6) is 11.5 Å². The molecule has 0 fully saturated rings. The molecule has 8 heteroatoms. The van der Waals surface area contributed by atoms with Crippen LogP contribution in [0, 0.1) is 5.82 Å². The maximum Gasteiger partial charge on any atom is 0.189 e. The van der Waals surface area contributed by atoms with Gasteiger partial charge in [0.15, 0.2) is 5.58 Å². The van der Waals surface area contributed by atoms with Gasteiger partial charge in [0.2, 0.25) is 0 Å². The number of halogens is 2. The summed E-state index contributed by atoms with van der Waals surface area (Å²) in [5, 5.41) is 15.1. The van der Waals surface area contributed by atoms with E-state index in [1.54, 1.807) is 13.0 Å². The van der Waals surface area contributed by atoms with Gasteiger partial charge in [-0.05, 0) is 31.2 Å². The van der Waals surface area contributed by atoms with Crippen molar-refractivity contribution in [3.05, 3.63) is 41.2 Å². The Morgan fingerprint density at radius 3 is 2.80 bits per heavy atom. The third kappa shape index (κ3) is 3.36. The Morgan fingerprint density at radius 1 is 1.28 bits per heavy atom. The van der Waals surface area contributed by atoms with E-state index in [0.29, 0.717) is 29.0 Å². The molecule has 0 aliphatic heterocycles. The molecule has 0 radical (unpaired) electrons. The second kappa shape index (κ2) is 6.98. The van der Waals surface area contributed by atoms with E-state index in [0.717, 1.165) is 0 Å². The lowest BCUT2D eigenvalue weighted by molar-refractivity contribution is -0.307. The first-order valence-electron chi connectivity index (χ1n) is 7.34. The van der Waals surface area contributed by atoms with Gasteiger partial charge in [-0.1, -0.05) is 16.8 Å². The molecule has 0 unspecified atom stereocenters. The highest BCUT2D eigenvalue weighted by Gasteiger charge is 2.19. The number of ether oxygens (including phenoxy) is 2. The molecule has 130 valence electrons. The molecule has 3 rings (SSSR count). The molecule has 0 amide bonds. The highest BCUT2D eigenvalue weighted by molar-refractivity contribution is 6.36. The van der Waals surface area contributed by atoms with Gasteiger partial charge in [0, 0.05) is 11.6 Å². The smallest absolute Gasteiger partial charge is 0.189 e. The molecular weight excluding hydrogens is 353 g/mol. The average Bonchev–Trinajstić information content (AvgIpc) is 2.99. The van der Waals surface area contributed by atoms with Crippen LogP contribution in [0.1, 0.15) is 6.92 Å². The van der Waals surface area contributed by atoms with Gasteiger partial charge in [-0.2, -0.15) is 0 Å². The number of carbonyl (C=O) groups excluding carboxylic acids is 1. The van der Waals surface area contributed by atoms with E-state index in [2.05, 4.69) is 5.16 Å². The summed E-state index contributed by atoms with van der Waals surface area (Å²) < 4.78 is 29.3. The first-order chi connectivity index (χ1) is 12.0.